The third-order valence-electron chi connectivity index (χ3n) is 5.80. The number of ether oxygens (including phenoxy) is 3. The van der Waals surface area contributed by atoms with Crippen LogP contribution in [0.2, 0.25) is 0 Å². The molecule has 0 spiro atoms. The van der Waals surface area contributed by atoms with Gasteiger partial charge in [-0.3, -0.25) is 4.90 Å². The number of fused-ring (bicyclic) bond motifs is 4. The van der Waals surface area contributed by atoms with Gasteiger partial charge in [-0.15, -0.1) is 0 Å². The fourth-order valence-electron chi connectivity index (χ4n) is 4.65. The molecule has 2 heterocycles. The van der Waals surface area contributed by atoms with Crippen molar-refractivity contribution in [3.8, 4) is 23.0 Å². The van der Waals surface area contributed by atoms with Gasteiger partial charge < -0.3 is 19.3 Å². The highest BCUT2D eigenvalue weighted by Crippen LogP contribution is 2.51. The smallest absolute Gasteiger partial charge is 0.164 e. The molecule has 0 saturated carbocycles. The maximum Gasteiger partial charge on any atom is 0.164 e. The van der Waals surface area contributed by atoms with Gasteiger partial charge in [-0.05, 0) is 41.3 Å². The lowest BCUT2D eigenvalue weighted by Gasteiger charge is -2.45. The second-order valence-corrected chi connectivity index (χ2v) is 7.05. The molecule has 0 amide bonds. The normalized spacial score (nSPS) is 21.4. The summed E-state index contributed by atoms with van der Waals surface area (Å²) in [6.07, 6.45) is 0.929. The highest BCUT2D eigenvalue weighted by Gasteiger charge is 2.39. The summed E-state index contributed by atoms with van der Waals surface area (Å²) in [4.78, 5) is 2.51. The maximum absolute atomic E-state index is 10.2. The summed E-state index contributed by atoms with van der Waals surface area (Å²) < 4.78 is 16.6. The first-order valence-corrected chi connectivity index (χ1v) is 8.96. The summed E-state index contributed by atoms with van der Waals surface area (Å²) in [6.45, 7) is 4.10. The number of hydrogen-bond donors (Lipinski definition) is 1. The summed E-state index contributed by atoms with van der Waals surface area (Å²) in [5.74, 6) is 2.57. The molecule has 1 N–H and O–H groups in total. The number of aromatic hydroxyl groups is 1. The predicted octanol–water partition coefficient (Wildman–Crippen LogP) is 3.63. The van der Waals surface area contributed by atoms with E-state index in [1.807, 2.05) is 18.2 Å². The fraction of sp³-hybridized carbons (Fsp3) is 0.429. The predicted molar refractivity (Wildman–Crippen MR) is 99.5 cm³/mol. The Labute approximate surface area is 154 Å². The molecule has 2 aromatic rings. The molecule has 2 aliphatic rings. The van der Waals surface area contributed by atoms with E-state index in [0.29, 0.717) is 5.75 Å². The highest BCUT2D eigenvalue weighted by atomic mass is 16.5. The Morgan fingerprint density at radius 1 is 1.00 bits per heavy atom. The third kappa shape index (κ3) is 2.42. The van der Waals surface area contributed by atoms with Crippen LogP contribution in [0.5, 0.6) is 23.0 Å². The molecule has 0 aromatic heterocycles. The summed E-state index contributed by atoms with van der Waals surface area (Å²) in [7, 11) is 4.97. The lowest BCUT2D eigenvalue weighted by atomic mass is 9.77. The van der Waals surface area contributed by atoms with Gasteiger partial charge in [0, 0.05) is 30.6 Å². The number of nitrogens with zero attached hydrogens (tertiary/aromatic N) is 1. The van der Waals surface area contributed by atoms with Crippen molar-refractivity contribution in [1.82, 2.24) is 4.90 Å². The number of benzene rings is 2. The van der Waals surface area contributed by atoms with Gasteiger partial charge in [-0.2, -0.15) is 0 Å². The summed E-state index contributed by atoms with van der Waals surface area (Å²) in [5.41, 5.74) is 4.93. The first kappa shape index (κ1) is 17.0. The quantitative estimate of drug-likeness (QED) is 0.911. The van der Waals surface area contributed by atoms with Gasteiger partial charge in [0.2, 0.25) is 0 Å². The van der Waals surface area contributed by atoms with E-state index in [2.05, 4.69) is 17.9 Å². The molecule has 0 fully saturated rings. The van der Waals surface area contributed by atoms with Crippen molar-refractivity contribution < 1.29 is 19.3 Å². The largest absolute Gasteiger partial charge is 0.504 e. The molecule has 2 unspecified atom stereocenters. The summed E-state index contributed by atoms with van der Waals surface area (Å²) >= 11 is 0. The van der Waals surface area contributed by atoms with Gasteiger partial charge in [0.25, 0.3) is 0 Å². The monoisotopic (exact) mass is 355 g/mol. The Morgan fingerprint density at radius 2 is 1.77 bits per heavy atom. The Balaban J connectivity index is 1.86. The average Bonchev–Trinajstić information content (AvgIpc) is 2.66. The summed E-state index contributed by atoms with van der Waals surface area (Å²) in [6, 6.07) is 8.22. The SMILES string of the molecule is COc1cc2c(cc1O)CCN1Cc3ccc(OC)c(OC)c3C(C)C21. The minimum Gasteiger partial charge on any atom is -0.504 e. The summed E-state index contributed by atoms with van der Waals surface area (Å²) in [5, 5.41) is 10.2. The van der Waals surface area contributed by atoms with E-state index in [9.17, 15) is 5.11 Å². The van der Waals surface area contributed by atoms with E-state index in [-0.39, 0.29) is 17.7 Å². The van der Waals surface area contributed by atoms with Crippen molar-refractivity contribution in [3.05, 3.63) is 46.5 Å². The minimum absolute atomic E-state index is 0.211. The topological polar surface area (TPSA) is 51.2 Å². The van der Waals surface area contributed by atoms with Crippen LogP contribution < -0.4 is 14.2 Å². The molecule has 5 nitrogen and oxygen atoms in total. The van der Waals surface area contributed by atoms with Crippen molar-refractivity contribution in [2.75, 3.05) is 27.9 Å². The van der Waals surface area contributed by atoms with Gasteiger partial charge >= 0.3 is 0 Å². The van der Waals surface area contributed by atoms with Gasteiger partial charge in [-0.1, -0.05) is 13.0 Å². The minimum atomic E-state index is 0.211. The molecule has 2 aromatic carbocycles. The number of rotatable bonds is 3. The first-order valence-electron chi connectivity index (χ1n) is 8.96. The first-order chi connectivity index (χ1) is 12.6. The van der Waals surface area contributed by atoms with E-state index >= 15 is 0 Å². The van der Waals surface area contributed by atoms with E-state index in [0.717, 1.165) is 31.0 Å². The van der Waals surface area contributed by atoms with Crippen LogP contribution in [-0.2, 0) is 13.0 Å². The molecule has 4 rings (SSSR count). The van der Waals surface area contributed by atoms with Crippen LogP contribution in [0.25, 0.3) is 0 Å². The maximum atomic E-state index is 10.2. The molecule has 0 aliphatic carbocycles. The molecule has 5 heteroatoms. The third-order valence-corrected chi connectivity index (χ3v) is 5.80. The van der Waals surface area contributed by atoms with E-state index in [1.165, 1.54) is 22.3 Å². The van der Waals surface area contributed by atoms with Gasteiger partial charge in [-0.25, -0.2) is 0 Å². The van der Waals surface area contributed by atoms with Crippen LogP contribution in [0.4, 0.5) is 0 Å². The Hall–Kier alpha value is -2.40. The molecule has 2 atom stereocenters. The van der Waals surface area contributed by atoms with Crippen molar-refractivity contribution in [3.63, 3.8) is 0 Å². The molecule has 138 valence electrons. The van der Waals surface area contributed by atoms with Crippen LogP contribution in [0, 0.1) is 0 Å². The highest BCUT2D eigenvalue weighted by molar-refractivity contribution is 5.56. The molecule has 0 saturated heterocycles. The van der Waals surface area contributed by atoms with Crippen LogP contribution in [0.1, 0.15) is 41.1 Å². The molecule has 26 heavy (non-hydrogen) atoms. The standard InChI is InChI=1S/C21H25NO4/c1-12-19-14(5-6-17(24-2)21(19)26-4)11-22-8-7-13-9-16(23)18(25-3)10-15(13)20(12)22/h5-6,9-10,12,20,23H,7-8,11H2,1-4H3. The Kier molecular flexibility index (Phi) is 4.19. The lowest BCUT2D eigenvalue weighted by molar-refractivity contribution is 0.136. The van der Waals surface area contributed by atoms with E-state index in [1.54, 1.807) is 21.3 Å². The fourth-order valence-corrected chi connectivity index (χ4v) is 4.65. The number of phenols is 1. The van der Waals surface area contributed by atoms with Gasteiger partial charge in [0.15, 0.2) is 23.0 Å². The number of hydrogen-bond acceptors (Lipinski definition) is 5. The molecular weight excluding hydrogens is 330 g/mol. The van der Waals surface area contributed by atoms with Gasteiger partial charge in [0.1, 0.15) is 0 Å². The Morgan fingerprint density at radius 3 is 2.46 bits per heavy atom. The van der Waals surface area contributed by atoms with E-state index in [4.69, 9.17) is 14.2 Å². The van der Waals surface area contributed by atoms with Crippen molar-refractivity contribution >= 4 is 0 Å². The zero-order valence-corrected chi connectivity index (χ0v) is 15.7. The van der Waals surface area contributed by atoms with Crippen LogP contribution in [0.3, 0.4) is 0 Å². The van der Waals surface area contributed by atoms with Crippen LogP contribution >= 0.6 is 0 Å². The number of phenolic OH excluding ortho intramolecular Hbond substituents is 1. The van der Waals surface area contributed by atoms with Gasteiger partial charge in [0.05, 0.1) is 21.3 Å². The lowest BCUT2D eigenvalue weighted by Crippen LogP contribution is -2.41. The average molecular weight is 355 g/mol. The Bertz CT molecular complexity index is 848. The molecule has 0 radical (unpaired) electrons. The van der Waals surface area contributed by atoms with E-state index < -0.39 is 0 Å². The molecular formula is C21H25NO4. The van der Waals surface area contributed by atoms with Crippen molar-refractivity contribution in [2.24, 2.45) is 0 Å². The zero-order chi connectivity index (χ0) is 18.4. The van der Waals surface area contributed by atoms with Crippen LogP contribution in [-0.4, -0.2) is 37.9 Å². The second-order valence-electron chi connectivity index (χ2n) is 7.05. The molecule has 0 bridgehead atoms. The second kappa shape index (κ2) is 6.40. The number of methoxy groups -OCH3 is 3. The van der Waals surface area contributed by atoms with Crippen molar-refractivity contribution in [2.45, 2.75) is 31.8 Å². The zero-order valence-electron chi connectivity index (χ0n) is 15.7. The molecule has 2 aliphatic heterocycles. The van der Waals surface area contributed by atoms with Crippen LogP contribution in [0.15, 0.2) is 24.3 Å². The van der Waals surface area contributed by atoms with Crippen molar-refractivity contribution in [1.29, 1.82) is 0 Å².